The Kier molecular flexibility index (Phi) is 2.48. The molecule has 0 spiro atoms. The minimum Gasteiger partial charge on any atom is -0.380 e. The van der Waals surface area contributed by atoms with E-state index in [1.54, 1.807) is 24.1 Å². The average molecular weight is 209 g/mol. The van der Waals surface area contributed by atoms with Crippen molar-refractivity contribution in [2.75, 3.05) is 19.8 Å². The highest BCUT2D eigenvalue weighted by Crippen LogP contribution is 2.25. The second-order valence-electron chi connectivity index (χ2n) is 4.38. The van der Waals surface area contributed by atoms with E-state index in [2.05, 4.69) is 17.2 Å². The highest BCUT2D eigenvalue weighted by molar-refractivity contribution is 5.92. The summed E-state index contributed by atoms with van der Waals surface area (Å²) in [5.74, 6) is -0.0804. The highest BCUT2D eigenvalue weighted by Gasteiger charge is 2.33. The molecule has 5 nitrogen and oxygen atoms in total. The molecule has 1 N–H and O–H groups in total. The van der Waals surface area contributed by atoms with Crippen LogP contribution in [0.25, 0.3) is 0 Å². The van der Waals surface area contributed by atoms with Gasteiger partial charge in [0.05, 0.1) is 25.7 Å². The number of imidazole rings is 1. The standard InChI is InChI=1S/C10H15N3O2/c1-10(5-15-6-10)4-12-9(14)8-3-11-7-13(8)2/h3,7H,4-6H2,1-2H3,(H,12,14). The van der Waals surface area contributed by atoms with Crippen molar-refractivity contribution in [1.82, 2.24) is 14.9 Å². The van der Waals surface area contributed by atoms with Crippen molar-refractivity contribution in [1.29, 1.82) is 0 Å². The van der Waals surface area contributed by atoms with E-state index in [1.165, 1.54) is 0 Å². The van der Waals surface area contributed by atoms with Crippen molar-refractivity contribution >= 4 is 5.91 Å². The topological polar surface area (TPSA) is 56.2 Å². The zero-order valence-electron chi connectivity index (χ0n) is 8.99. The Morgan fingerprint density at radius 1 is 1.73 bits per heavy atom. The number of amides is 1. The van der Waals surface area contributed by atoms with Crippen LogP contribution in [0.3, 0.4) is 0 Å². The van der Waals surface area contributed by atoms with Crippen LogP contribution in [0.2, 0.25) is 0 Å². The van der Waals surface area contributed by atoms with Crippen molar-refractivity contribution < 1.29 is 9.53 Å². The summed E-state index contributed by atoms with van der Waals surface area (Å²) in [4.78, 5) is 15.6. The molecule has 0 aromatic carbocycles. The van der Waals surface area contributed by atoms with Crippen molar-refractivity contribution in [2.24, 2.45) is 12.5 Å². The Hall–Kier alpha value is -1.36. The molecule has 15 heavy (non-hydrogen) atoms. The fourth-order valence-electron chi connectivity index (χ4n) is 1.51. The molecule has 0 unspecified atom stereocenters. The summed E-state index contributed by atoms with van der Waals surface area (Å²) in [6.07, 6.45) is 3.18. The van der Waals surface area contributed by atoms with Gasteiger partial charge in [0.1, 0.15) is 5.69 Å². The quantitative estimate of drug-likeness (QED) is 0.773. The van der Waals surface area contributed by atoms with Gasteiger partial charge in [0.2, 0.25) is 0 Å². The molecule has 0 saturated carbocycles. The van der Waals surface area contributed by atoms with Crippen LogP contribution in [0.5, 0.6) is 0 Å². The van der Waals surface area contributed by atoms with Gasteiger partial charge >= 0.3 is 0 Å². The van der Waals surface area contributed by atoms with Gasteiger partial charge in [0.15, 0.2) is 0 Å². The summed E-state index contributed by atoms with van der Waals surface area (Å²) in [5, 5.41) is 2.89. The first-order valence-corrected chi connectivity index (χ1v) is 4.93. The van der Waals surface area contributed by atoms with Gasteiger partial charge in [-0.15, -0.1) is 0 Å². The van der Waals surface area contributed by atoms with E-state index in [0.29, 0.717) is 12.2 Å². The molecule has 1 fully saturated rings. The van der Waals surface area contributed by atoms with Crippen LogP contribution in [-0.2, 0) is 11.8 Å². The third kappa shape index (κ3) is 2.02. The van der Waals surface area contributed by atoms with Gasteiger partial charge in [-0.05, 0) is 0 Å². The first kappa shape index (κ1) is 10.2. The van der Waals surface area contributed by atoms with E-state index in [-0.39, 0.29) is 11.3 Å². The van der Waals surface area contributed by atoms with Crippen LogP contribution in [0.4, 0.5) is 0 Å². The van der Waals surface area contributed by atoms with E-state index < -0.39 is 0 Å². The minimum absolute atomic E-state index is 0.0804. The van der Waals surface area contributed by atoms with Crippen molar-refractivity contribution in [3.63, 3.8) is 0 Å². The number of ether oxygens (including phenoxy) is 1. The maximum atomic E-state index is 11.7. The van der Waals surface area contributed by atoms with Gasteiger partial charge in [-0.3, -0.25) is 4.79 Å². The molecule has 5 heteroatoms. The van der Waals surface area contributed by atoms with E-state index in [0.717, 1.165) is 13.2 Å². The molecule has 2 heterocycles. The van der Waals surface area contributed by atoms with Gasteiger partial charge in [0, 0.05) is 19.0 Å². The Balaban J connectivity index is 1.90. The SMILES string of the molecule is Cn1cncc1C(=O)NCC1(C)COC1. The lowest BCUT2D eigenvalue weighted by Crippen LogP contribution is -2.48. The maximum absolute atomic E-state index is 11.7. The highest BCUT2D eigenvalue weighted by atomic mass is 16.5. The maximum Gasteiger partial charge on any atom is 0.269 e. The number of hydrogen-bond donors (Lipinski definition) is 1. The molecule has 0 atom stereocenters. The lowest BCUT2D eigenvalue weighted by molar-refractivity contribution is -0.0978. The molecule has 1 amide bonds. The smallest absolute Gasteiger partial charge is 0.269 e. The molecule has 1 saturated heterocycles. The predicted octanol–water partition coefficient (Wildman–Crippen LogP) is 0.186. The number of aryl methyl sites for hydroxylation is 1. The fraction of sp³-hybridized carbons (Fsp3) is 0.600. The van der Waals surface area contributed by atoms with Gasteiger partial charge in [-0.1, -0.05) is 6.92 Å². The number of carbonyl (C=O) groups is 1. The average Bonchev–Trinajstić information content (AvgIpc) is 2.58. The van der Waals surface area contributed by atoms with E-state index in [4.69, 9.17) is 4.74 Å². The van der Waals surface area contributed by atoms with Crippen LogP contribution >= 0.6 is 0 Å². The molecule has 0 radical (unpaired) electrons. The number of rotatable bonds is 3. The molecule has 0 bridgehead atoms. The van der Waals surface area contributed by atoms with Crippen LogP contribution in [0, 0.1) is 5.41 Å². The Labute approximate surface area is 88.4 Å². The molecule has 82 valence electrons. The largest absolute Gasteiger partial charge is 0.380 e. The lowest BCUT2D eigenvalue weighted by Gasteiger charge is -2.37. The number of nitrogens with zero attached hydrogens (tertiary/aromatic N) is 2. The normalized spacial score (nSPS) is 18.3. The van der Waals surface area contributed by atoms with Gasteiger partial charge in [-0.2, -0.15) is 0 Å². The molecule has 1 aromatic rings. The van der Waals surface area contributed by atoms with Crippen molar-refractivity contribution in [3.05, 3.63) is 18.2 Å². The Morgan fingerprint density at radius 2 is 2.47 bits per heavy atom. The van der Waals surface area contributed by atoms with Gasteiger partial charge in [0.25, 0.3) is 5.91 Å². The lowest BCUT2D eigenvalue weighted by atomic mass is 9.89. The molecule has 0 aliphatic carbocycles. The fourth-order valence-corrected chi connectivity index (χ4v) is 1.51. The first-order valence-electron chi connectivity index (χ1n) is 4.93. The van der Waals surface area contributed by atoms with E-state index >= 15 is 0 Å². The van der Waals surface area contributed by atoms with Crippen molar-refractivity contribution in [2.45, 2.75) is 6.92 Å². The number of carbonyl (C=O) groups excluding carboxylic acids is 1. The third-order valence-corrected chi connectivity index (χ3v) is 2.63. The zero-order chi connectivity index (χ0) is 10.9. The van der Waals surface area contributed by atoms with E-state index in [9.17, 15) is 4.79 Å². The van der Waals surface area contributed by atoms with Crippen LogP contribution in [0.15, 0.2) is 12.5 Å². The van der Waals surface area contributed by atoms with Gasteiger partial charge in [-0.25, -0.2) is 4.98 Å². The molecule has 1 aliphatic heterocycles. The minimum atomic E-state index is -0.0804. The molecular formula is C10H15N3O2. The first-order chi connectivity index (χ1) is 7.11. The molecule has 2 rings (SSSR count). The van der Waals surface area contributed by atoms with Gasteiger partial charge < -0.3 is 14.6 Å². The Morgan fingerprint density at radius 3 is 2.93 bits per heavy atom. The van der Waals surface area contributed by atoms with Crippen LogP contribution in [0.1, 0.15) is 17.4 Å². The second-order valence-corrected chi connectivity index (χ2v) is 4.38. The van der Waals surface area contributed by atoms with Crippen LogP contribution in [-0.4, -0.2) is 35.2 Å². The van der Waals surface area contributed by atoms with E-state index in [1.807, 2.05) is 0 Å². The monoisotopic (exact) mass is 209 g/mol. The van der Waals surface area contributed by atoms with Crippen molar-refractivity contribution in [3.8, 4) is 0 Å². The third-order valence-electron chi connectivity index (χ3n) is 2.63. The summed E-state index contributed by atoms with van der Waals surface area (Å²) in [7, 11) is 1.80. The number of hydrogen-bond acceptors (Lipinski definition) is 3. The Bertz CT molecular complexity index is 368. The zero-order valence-corrected chi connectivity index (χ0v) is 8.99. The summed E-state index contributed by atoms with van der Waals surface area (Å²) in [6.45, 7) is 4.19. The number of aromatic nitrogens is 2. The summed E-state index contributed by atoms with van der Waals surface area (Å²) >= 11 is 0. The molecule has 1 aliphatic rings. The summed E-state index contributed by atoms with van der Waals surface area (Å²) < 4.78 is 6.82. The number of nitrogens with one attached hydrogen (secondary N) is 1. The summed E-state index contributed by atoms with van der Waals surface area (Å²) in [5.41, 5.74) is 0.688. The molecule has 1 aromatic heterocycles. The molecular weight excluding hydrogens is 194 g/mol. The summed E-state index contributed by atoms with van der Waals surface area (Å²) in [6, 6.07) is 0. The second kappa shape index (κ2) is 3.66. The predicted molar refractivity (Wildman–Crippen MR) is 54.5 cm³/mol. The van der Waals surface area contributed by atoms with Crippen LogP contribution < -0.4 is 5.32 Å².